The van der Waals surface area contributed by atoms with Gasteiger partial charge in [-0.15, -0.1) is 35.9 Å². The van der Waals surface area contributed by atoms with E-state index in [2.05, 4.69) is 32.7 Å². The zero-order chi connectivity index (χ0) is 14.7. The van der Waals surface area contributed by atoms with E-state index in [-0.39, 0.29) is 22.9 Å². The molecule has 0 unspecified atom stereocenters. The molecule has 0 heterocycles. The maximum atomic E-state index is 10.6. The van der Waals surface area contributed by atoms with E-state index in [9.17, 15) is 4.79 Å². The van der Waals surface area contributed by atoms with Gasteiger partial charge in [0, 0.05) is 17.1 Å². The van der Waals surface area contributed by atoms with Crippen LogP contribution in [0.4, 0.5) is 0 Å². The normalized spacial score (nSPS) is 4.94. The summed E-state index contributed by atoms with van der Waals surface area (Å²) in [6.07, 6.45) is 0. The molecule has 0 bridgehead atoms. The van der Waals surface area contributed by atoms with Crippen molar-refractivity contribution in [2.75, 3.05) is 0 Å². The smallest absolute Gasteiger partial charge is 0 e. The van der Waals surface area contributed by atoms with Crippen LogP contribution in [0.3, 0.4) is 0 Å². The Bertz CT molecular complexity index is 327. The summed E-state index contributed by atoms with van der Waals surface area (Å²) in [5.41, 5.74) is 0.650. The Labute approximate surface area is 116 Å². The van der Waals surface area contributed by atoms with Crippen molar-refractivity contribution in [2.45, 2.75) is 6.92 Å². The van der Waals surface area contributed by atoms with Crippen molar-refractivity contribution < 1.29 is 40.5 Å². The van der Waals surface area contributed by atoms with E-state index in [1.807, 2.05) is 12.1 Å². The number of benzene rings is 1. The minimum Gasteiger partial charge on any atom is 0 e. The fourth-order valence-electron chi connectivity index (χ4n) is 0.612. The molecule has 5 nitrogen and oxygen atoms in total. The summed E-state index contributed by atoms with van der Waals surface area (Å²) >= 11 is 0. The van der Waals surface area contributed by atoms with E-state index in [1.165, 1.54) is 6.92 Å². The fourth-order valence-corrected chi connectivity index (χ4v) is 0.612. The molecule has 0 amide bonds. The molecule has 0 N–H and O–H groups in total. The van der Waals surface area contributed by atoms with Gasteiger partial charge in [0.05, 0.1) is 5.78 Å². The van der Waals surface area contributed by atoms with Crippen LogP contribution < -0.4 is 0 Å². The number of hydrogen-bond donors (Lipinski definition) is 0. The Morgan fingerprint density at radius 2 is 1.39 bits per heavy atom. The largest absolute Gasteiger partial charge is 0 e. The van der Waals surface area contributed by atoms with Crippen LogP contribution in [0.5, 0.6) is 0 Å². The Morgan fingerprint density at radius 3 is 1.56 bits per heavy atom. The van der Waals surface area contributed by atoms with Crippen LogP contribution in [0.1, 0.15) is 17.3 Å². The molecule has 0 aromatic heterocycles. The third-order valence-electron chi connectivity index (χ3n) is 1.09. The quantitative estimate of drug-likeness (QED) is 0.333. The van der Waals surface area contributed by atoms with Gasteiger partial charge in [-0.05, 0) is 6.92 Å². The van der Waals surface area contributed by atoms with Gasteiger partial charge in [-0.2, -0.15) is 0 Å². The zero-order valence-corrected chi connectivity index (χ0v) is 10.4. The summed E-state index contributed by atoms with van der Waals surface area (Å²) in [5.74, 6) is 0.0654. The second kappa shape index (κ2) is 36.2. The van der Waals surface area contributed by atoms with E-state index in [1.54, 1.807) is 12.1 Å². The van der Waals surface area contributed by atoms with Gasteiger partial charge >= 0.3 is 45.2 Å². The van der Waals surface area contributed by atoms with Crippen molar-refractivity contribution in [2.24, 2.45) is 0 Å². The third-order valence-corrected chi connectivity index (χ3v) is 1.09. The molecule has 1 aromatic carbocycles. The predicted molar refractivity (Wildman–Crippen MR) is 51.0 cm³/mol. The second-order valence-corrected chi connectivity index (χ2v) is 1.83. The molecular weight excluding hydrogens is 279 g/mol. The van der Waals surface area contributed by atoms with E-state index in [0.717, 1.165) is 0 Å². The van der Waals surface area contributed by atoms with Gasteiger partial charge < -0.3 is 4.79 Å². The van der Waals surface area contributed by atoms with Crippen molar-refractivity contribution in [3.05, 3.63) is 62.5 Å². The van der Waals surface area contributed by atoms with Crippen LogP contribution in [0, 0.1) is 32.7 Å². The van der Waals surface area contributed by atoms with Gasteiger partial charge in [0.25, 0.3) is 0 Å². The summed E-state index contributed by atoms with van der Waals surface area (Å²) in [7, 11) is 0. The number of carbonyl (C=O) groups is 1. The van der Waals surface area contributed by atoms with Crippen molar-refractivity contribution in [3.8, 4) is 0 Å². The molecule has 1 rings (SSSR count). The molecule has 0 fully saturated rings. The maximum Gasteiger partial charge on any atom is 0 e. The van der Waals surface area contributed by atoms with Crippen molar-refractivity contribution in [1.29, 1.82) is 0 Å². The molecule has 1 radical (unpaired) electrons. The topological polar surface area (TPSA) is 96.7 Å². The summed E-state index contributed by atoms with van der Waals surface area (Å²) in [5, 5.41) is 0. The van der Waals surface area contributed by atoms with Crippen LogP contribution in [0.2, 0.25) is 0 Å². The number of ketones is 1. The SMILES string of the molecule is CC(=O)c1[c-]cccc1.[C-]#[O+].[C-]#[O+].[C-]#[O+].[C-]#[O+].[Mn]. The Morgan fingerprint density at radius 1 is 1.00 bits per heavy atom. The molecule has 0 aliphatic heterocycles. The number of rotatable bonds is 1. The summed E-state index contributed by atoms with van der Waals surface area (Å²) in [6, 6.07) is 9.97. The van der Waals surface area contributed by atoms with E-state index < -0.39 is 0 Å². The first-order valence-corrected chi connectivity index (χ1v) is 3.60. The van der Waals surface area contributed by atoms with Gasteiger partial charge in [0.15, 0.2) is 0 Å². The molecule has 93 valence electrons. The van der Waals surface area contributed by atoms with Gasteiger partial charge in [-0.3, -0.25) is 0 Å². The minimum absolute atomic E-state index is 0. The van der Waals surface area contributed by atoms with Crippen LogP contribution in [-0.2, 0) is 35.7 Å². The van der Waals surface area contributed by atoms with E-state index >= 15 is 0 Å². The van der Waals surface area contributed by atoms with Crippen molar-refractivity contribution in [3.63, 3.8) is 0 Å². The van der Waals surface area contributed by atoms with Crippen LogP contribution >= 0.6 is 0 Å². The summed E-state index contributed by atoms with van der Waals surface area (Å²) in [6.45, 7) is 19.5. The number of Topliss-reactive ketones (excluding diaryl/α,β-unsaturated/α-hetero) is 1. The zero-order valence-electron chi connectivity index (χ0n) is 9.23. The monoisotopic (exact) mass is 286 g/mol. The van der Waals surface area contributed by atoms with Crippen LogP contribution in [0.25, 0.3) is 0 Å². The molecule has 0 spiro atoms. The Balaban J connectivity index is -0.0000000542. The molecule has 1 aromatic rings. The number of hydrogen-bond acceptors (Lipinski definition) is 1. The maximum absolute atomic E-state index is 10.6. The molecule has 0 atom stereocenters. The van der Waals surface area contributed by atoms with Crippen molar-refractivity contribution in [1.82, 2.24) is 0 Å². The minimum atomic E-state index is 0. The van der Waals surface area contributed by atoms with Gasteiger partial charge in [-0.25, -0.2) is 0 Å². The molecule has 0 saturated carbocycles. The first-order chi connectivity index (χ1) is 8.30. The fraction of sp³-hybridized carbons (Fsp3) is 0.0833. The molecule has 0 saturated heterocycles. The number of carbonyl (C=O) groups excluding carboxylic acids is 1. The van der Waals surface area contributed by atoms with E-state index in [4.69, 9.17) is 18.6 Å². The molecule has 6 heteroatoms. The van der Waals surface area contributed by atoms with Crippen LogP contribution in [-0.4, -0.2) is 5.78 Å². The predicted octanol–water partition coefficient (Wildman–Crippen LogP) is 1.54. The first-order valence-electron chi connectivity index (χ1n) is 3.60. The second-order valence-electron chi connectivity index (χ2n) is 1.83. The molecule has 18 heavy (non-hydrogen) atoms. The standard InChI is InChI=1S/C8H7O.4CO.Mn/c1-7(9)8-5-3-2-4-6-8;4*1-2;/h2-5H,1H3;;;;;/q-1;;;;;. The van der Waals surface area contributed by atoms with Gasteiger partial charge in [0.1, 0.15) is 0 Å². The van der Waals surface area contributed by atoms with Gasteiger partial charge in [-0.1, -0.05) is 0 Å². The Kier molecular flexibility index (Phi) is 60.1. The van der Waals surface area contributed by atoms with Crippen molar-refractivity contribution >= 4 is 5.78 Å². The molecular formula is C12H7MnO5-. The average molecular weight is 286 g/mol. The summed E-state index contributed by atoms with van der Waals surface area (Å²) in [4.78, 5) is 10.6. The third kappa shape index (κ3) is 23.9. The summed E-state index contributed by atoms with van der Waals surface area (Å²) < 4.78 is 30.0. The van der Waals surface area contributed by atoms with E-state index in [0.29, 0.717) is 5.56 Å². The average Bonchev–Trinajstić information content (AvgIpc) is 2.48. The Hall–Kier alpha value is -1.63. The molecule has 0 aliphatic carbocycles. The molecule has 0 aliphatic rings. The van der Waals surface area contributed by atoms with Crippen LogP contribution in [0.15, 0.2) is 24.3 Å². The first kappa shape index (κ1) is 29.9. The van der Waals surface area contributed by atoms with Gasteiger partial charge in [0.2, 0.25) is 0 Å².